The van der Waals surface area contributed by atoms with Gasteiger partial charge in [-0.05, 0) is 12.8 Å². The summed E-state index contributed by atoms with van der Waals surface area (Å²) in [6.45, 7) is -0.349. The summed E-state index contributed by atoms with van der Waals surface area (Å²) in [4.78, 5) is 1.58. The van der Waals surface area contributed by atoms with Crippen LogP contribution in [0.4, 0.5) is 0 Å². The van der Waals surface area contributed by atoms with E-state index < -0.39 is 30.6 Å². The minimum atomic E-state index is -1.42. The number of hydrogen-bond donors (Lipinski definition) is 5. The lowest BCUT2D eigenvalue weighted by Crippen LogP contribution is -2.69. The van der Waals surface area contributed by atoms with Crippen LogP contribution in [0.25, 0.3) is 0 Å². The van der Waals surface area contributed by atoms with Gasteiger partial charge in [-0.2, -0.15) is 0 Å². The molecule has 2 rings (SSSR count). The maximum atomic E-state index is 10.1. The summed E-state index contributed by atoms with van der Waals surface area (Å²) in [5.74, 6) is 0. The molecule has 1 saturated carbocycles. The maximum absolute atomic E-state index is 10.1. The SMILES string of the molecule is OC[C@@H]1[C@@H](O)[C@H](O)[C@@H](O)C(O)N1C1CCCCC1. The highest BCUT2D eigenvalue weighted by Gasteiger charge is 2.49. The second kappa shape index (κ2) is 5.81. The number of likely N-dealkylation sites (tertiary alicyclic amines) is 1. The highest BCUT2D eigenvalue weighted by molar-refractivity contribution is 4.99. The van der Waals surface area contributed by atoms with Crippen molar-refractivity contribution in [3.8, 4) is 0 Å². The Labute approximate surface area is 106 Å². The molecule has 18 heavy (non-hydrogen) atoms. The van der Waals surface area contributed by atoms with Gasteiger partial charge >= 0.3 is 0 Å². The Hall–Kier alpha value is -0.240. The molecule has 2 fully saturated rings. The van der Waals surface area contributed by atoms with Gasteiger partial charge in [0.1, 0.15) is 24.5 Å². The number of aliphatic hydroxyl groups excluding tert-OH is 5. The Morgan fingerprint density at radius 3 is 2.00 bits per heavy atom. The molecule has 6 heteroatoms. The van der Waals surface area contributed by atoms with Crippen LogP contribution in [-0.2, 0) is 0 Å². The van der Waals surface area contributed by atoms with Gasteiger partial charge in [-0.1, -0.05) is 19.3 Å². The number of rotatable bonds is 2. The predicted molar refractivity (Wildman–Crippen MR) is 63.6 cm³/mol. The smallest absolute Gasteiger partial charge is 0.136 e. The first-order valence-electron chi connectivity index (χ1n) is 6.68. The van der Waals surface area contributed by atoms with Crippen molar-refractivity contribution in [2.24, 2.45) is 0 Å². The van der Waals surface area contributed by atoms with Gasteiger partial charge in [0.2, 0.25) is 0 Å². The van der Waals surface area contributed by atoms with Crippen molar-refractivity contribution < 1.29 is 25.5 Å². The molecular formula is C12H23NO5. The lowest BCUT2D eigenvalue weighted by atomic mass is 9.86. The topological polar surface area (TPSA) is 104 Å². The molecule has 0 aromatic carbocycles. The molecule has 6 nitrogen and oxygen atoms in total. The van der Waals surface area contributed by atoms with E-state index in [1.165, 1.54) is 0 Å². The predicted octanol–water partition coefficient (Wildman–Crippen LogP) is -1.60. The summed E-state index contributed by atoms with van der Waals surface area (Å²) in [6, 6.07) is -0.677. The number of piperidine rings is 1. The van der Waals surface area contributed by atoms with Crippen molar-refractivity contribution in [1.82, 2.24) is 4.90 Å². The largest absolute Gasteiger partial charge is 0.395 e. The fourth-order valence-corrected chi connectivity index (χ4v) is 3.22. The van der Waals surface area contributed by atoms with Crippen molar-refractivity contribution >= 4 is 0 Å². The van der Waals surface area contributed by atoms with Gasteiger partial charge in [0.15, 0.2) is 0 Å². The van der Waals surface area contributed by atoms with Gasteiger partial charge in [-0.15, -0.1) is 0 Å². The van der Waals surface area contributed by atoms with Crippen LogP contribution in [0.5, 0.6) is 0 Å². The van der Waals surface area contributed by atoms with Crippen molar-refractivity contribution in [3.05, 3.63) is 0 Å². The molecule has 0 bridgehead atoms. The Balaban J connectivity index is 2.17. The van der Waals surface area contributed by atoms with Gasteiger partial charge in [0.25, 0.3) is 0 Å². The monoisotopic (exact) mass is 261 g/mol. The Kier molecular flexibility index (Phi) is 4.58. The first-order chi connectivity index (χ1) is 8.57. The first kappa shape index (κ1) is 14.2. The second-order valence-corrected chi connectivity index (χ2v) is 5.37. The van der Waals surface area contributed by atoms with Crippen LogP contribution in [0, 0.1) is 0 Å². The highest BCUT2D eigenvalue weighted by Crippen LogP contribution is 2.31. The van der Waals surface area contributed by atoms with Gasteiger partial charge < -0.3 is 25.5 Å². The summed E-state index contributed by atoms with van der Waals surface area (Å²) < 4.78 is 0. The maximum Gasteiger partial charge on any atom is 0.136 e. The van der Waals surface area contributed by atoms with Crippen molar-refractivity contribution in [2.75, 3.05) is 6.61 Å². The molecule has 0 radical (unpaired) electrons. The van der Waals surface area contributed by atoms with Crippen LogP contribution in [0.1, 0.15) is 32.1 Å². The molecule has 5 atom stereocenters. The van der Waals surface area contributed by atoms with Crippen LogP contribution in [0.2, 0.25) is 0 Å². The molecule has 2 aliphatic rings. The fourth-order valence-electron chi connectivity index (χ4n) is 3.22. The van der Waals surface area contributed by atoms with Gasteiger partial charge in [0.05, 0.1) is 12.6 Å². The van der Waals surface area contributed by atoms with E-state index in [1.54, 1.807) is 4.90 Å². The molecule has 0 aromatic heterocycles. The minimum Gasteiger partial charge on any atom is -0.395 e. The second-order valence-electron chi connectivity index (χ2n) is 5.37. The Bertz CT molecular complexity index is 269. The number of aliphatic hydroxyl groups is 5. The van der Waals surface area contributed by atoms with Gasteiger partial charge in [-0.25, -0.2) is 0 Å². The normalized spacial score (nSPS) is 44.2. The van der Waals surface area contributed by atoms with E-state index in [1.807, 2.05) is 0 Å². The van der Waals surface area contributed by atoms with Crippen molar-refractivity contribution in [3.63, 3.8) is 0 Å². The molecule has 1 aliphatic carbocycles. The van der Waals surface area contributed by atoms with E-state index in [0.717, 1.165) is 32.1 Å². The van der Waals surface area contributed by atoms with Crippen LogP contribution in [0.3, 0.4) is 0 Å². The third-order valence-electron chi connectivity index (χ3n) is 4.27. The molecule has 106 valence electrons. The van der Waals surface area contributed by atoms with Gasteiger partial charge in [-0.3, -0.25) is 4.90 Å². The van der Waals surface area contributed by atoms with Crippen LogP contribution >= 0.6 is 0 Å². The van der Waals surface area contributed by atoms with Crippen LogP contribution in [0.15, 0.2) is 0 Å². The fraction of sp³-hybridized carbons (Fsp3) is 1.00. The molecule has 1 saturated heterocycles. The zero-order valence-electron chi connectivity index (χ0n) is 10.4. The Morgan fingerprint density at radius 2 is 1.44 bits per heavy atom. The molecule has 1 aliphatic heterocycles. The molecule has 0 spiro atoms. The molecule has 1 heterocycles. The van der Waals surface area contributed by atoms with E-state index >= 15 is 0 Å². The van der Waals surface area contributed by atoms with Crippen LogP contribution < -0.4 is 0 Å². The third-order valence-corrected chi connectivity index (χ3v) is 4.27. The standard InChI is InChI=1S/C12H23NO5/c14-6-8-9(15)10(16)11(17)12(18)13(8)7-4-2-1-3-5-7/h7-12,14-18H,1-6H2/t8-,9-,10+,11-,12?/m1/s1. The van der Waals surface area contributed by atoms with E-state index in [2.05, 4.69) is 0 Å². The molecule has 5 N–H and O–H groups in total. The third kappa shape index (κ3) is 2.41. The zero-order valence-corrected chi connectivity index (χ0v) is 10.4. The van der Waals surface area contributed by atoms with E-state index in [9.17, 15) is 25.5 Å². The molecule has 0 amide bonds. The quantitative estimate of drug-likeness (QED) is 0.410. The van der Waals surface area contributed by atoms with E-state index in [0.29, 0.717) is 0 Å². The lowest BCUT2D eigenvalue weighted by molar-refractivity contribution is -0.235. The van der Waals surface area contributed by atoms with E-state index in [4.69, 9.17) is 0 Å². The zero-order chi connectivity index (χ0) is 13.3. The summed E-state index contributed by atoms with van der Waals surface area (Å²) in [7, 11) is 0. The average Bonchev–Trinajstić information content (AvgIpc) is 2.41. The molecule has 1 unspecified atom stereocenters. The number of hydrogen-bond acceptors (Lipinski definition) is 6. The first-order valence-corrected chi connectivity index (χ1v) is 6.68. The van der Waals surface area contributed by atoms with Gasteiger partial charge in [0, 0.05) is 6.04 Å². The van der Waals surface area contributed by atoms with E-state index in [-0.39, 0.29) is 12.6 Å². The lowest BCUT2D eigenvalue weighted by Gasteiger charge is -2.50. The molecular weight excluding hydrogens is 238 g/mol. The number of nitrogens with zero attached hydrogens (tertiary/aromatic N) is 1. The highest BCUT2D eigenvalue weighted by atomic mass is 16.4. The van der Waals surface area contributed by atoms with Crippen molar-refractivity contribution in [2.45, 2.75) is 68.7 Å². The van der Waals surface area contributed by atoms with Crippen LogP contribution in [-0.4, -0.2) is 73.7 Å². The average molecular weight is 261 g/mol. The van der Waals surface area contributed by atoms with Crippen molar-refractivity contribution in [1.29, 1.82) is 0 Å². The summed E-state index contributed by atoms with van der Waals surface area (Å²) in [5, 5.41) is 48.7. The molecule has 0 aromatic rings. The summed E-state index contributed by atoms with van der Waals surface area (Å²) in [6.07, 6.45) is -0.299. The summed E-state index contributed by atoms with van der Waals surface area (Å²) >= 11 is 0. The Morgan fingerprint density at radius 1 is 0.833 bits per heavy atom. The summed E-state index contributed by atoms with van der Waals surface area (Å²) in [5.41, 5.74) is 0. The minimum absolute atomic E-state index is 0.0442.